The summed E-state index contributed by atoms with van der Waals surface area (Å²) in [6, 6.07) is 3.98. The Hall–Kier alpha value is -1.27. The van der Waals surface area contributed by atoms with Gasteiger partial charge in [-0.05, 0) is 40.0 Å². The van der Waals surface area contributed by atoms with Gasteiger partial charge >= 0.3 is 5.97 Å². The molecule has 1 aromatic carbocycles. The van der Waals surface area contributed by atoms with E-state index in [9.17, 15) is 4.79 Å². The molecule has 0 saturated carbocycles. The number of fused-ring (bicyclic) bond motifs is 1. The zero-order valence-electron chi connectivity index (χ0n) is 12.7. The van der Waals surface area contributed by atoms with Gasteiger partial charge in [0, 0.05) is 18.0 Å². The van der Waals surface area contributed by atoms with Gasteiger partial charge in [0.1, 0.15) is 0 Å². The maximum absolute atomic E-state index is 11.1. The standard InChI is InChI=1S/C16H20BrNO4/c1-16(2)7-21-13-5-9(3-11(17)14(13)22-8-16)12-4-10(6-18-12)15(19)20/h3,5,10,12,18H,4,6-8H2,1-2H3,(H,19,20). The molecule has 5 nitrogen and oxygen atoms in total. The van der Waals surface area contributed by atoms with E-state index in [1.54, 1.807) is 0 Å². The normalized spacial score (nSPS) is 26.5. The number of hydrogen-bond acceptors (Lipinski definition) is 4. The van der Waals surface area contributed by atoms with Crippen LogP contribution in [-0.4, -0.2) is 30.8 Å². The summed E-state index contributed by atoms with van der Waals surface area (Å²) in [6.07, 6.45) is 0.590. The van der Waals surface area contributed by atoms with Gasteiger partial charge in [-0.3, -0.25) is 4.79 Å². The summed E-state index contributed by atoms with van der Waals surface area (Å²) < 4.78 is 12.7. The summed E-state index contributed by atoms with van der Waals surface area (Å²) in [4.78, 5) is 11.1. The first-order valence-electron chi connectivity index (χ1n) is 7.41. The van der Waals surface area contributed by atoms with Crippen molar-refractivity contribution in [3.63, 3.8) is 0 Å². The highest BCUT2D eigenvalue weighted by Crippen LogP contribution is 2.42. The Morgan fingerprint density at radius 2 is 2.09 bits per heavy atom. The third kappa shape index (κ3) is 3.08. The molecular formula is C16H20BrNO4. The molecule has 2 heterocycles. The van der Waals surface area contributed by atoms with Gasteiger partial charge in [0.05, 0.1) is 23.6 Å². The lowest BCUT2D eigenvalue weighted by Crippen LogP contribution is -2.26. The van der Waals surface area contributed by atoms with E-state index in [0.29, 0.717) is 26.2 Å². The number of ether oxygens (including phenoxy) is 2. The number of carbonyl (C=O) groups is 1. The van der Waals surface area contributed by atoms with Crippen molar-refractivity contribution in [2.75, 3.05) is 19.8 Å². The van der Waals surface area contributed by atoms with E-state index in [1.165, 1.54) is 0 Å². The maximum atomic E-state index is 11.1. The molecule has 0 bridgehead atoms. The topological polar surface area (TPSA) is 67.8 Å². The van der Waals surface area contributed by atoms with Crippen LogP contribution in [0, 0.1) is 11.3 Å². The Balaban J connectivity index is 1.86. The number of aliphatic carboxylic acids is 1. The number of benzene rings is 1. The van der Waals surface area contributed by atoms with Crippen LogP contribution in [0.5, 0.6) is 11.5 Å². The van der Waals surface area contributed by atoms with Crippen LogP contribution in [0.1, 0.15) is 31.9 Å². The van der Waals surface area contributed by atoms with Crippen molar-refractivity contribution in [3.05, 3.63) is 22.2 Å². The van der Waals surface area contributed by atoms with Crippen LogP contribution in [-0.2, 0) is 4.79 Å². The molecule has 2 aliphatic heterocycles. The van der Waals surface area contributed by atoms with Crippen LogP contribution in [0.4, 0.5) is 0 Å². The number of rotatable bonds is 2. The quantitative estimate of drug-likeness (QED) is 0.838. The molecule has 0 aliphatic carbocycles. The van der Waals surface area contributed by atoms with E-state index in [-0.39, 0.29) is 17.4 Å². The summed E-state index contributed by atoms with van der Waals surface area (Å²) in [5.41, 5.74) is 0.983. The molecule has 2 aliphatic rings. The Labute approximate surface area is 138 Å². The average Bonchev–Trinajstić information content (AvgIpc) is 2.88. The first-order chi connectivity index (χ1) is 10.4. The highest BCUT2D eigenvalue weighted by atomic mass is 79.9. The van der Waals surface area contributed by atoms with Crippen LogP contribution in [0.2, 0.25) is 0 Å². The highest BCUT2D eigenvalue weighted by Gasteiger charge is 2.32. The van der Waals surface area contributed by atoms with Gasteiger partial charge < -0.3 is 19.9 Å². The zero-order valence-corrected chi connectivity index (χ0v) is 14.3. The van der Waals surface area contributed by atoms with Gasteiger partial charge in [-0.2, -0.15) is 0 Å². The Morgan fingerprint density at radius 1 is 1.36 bits per heavy atom. The molecule has 2 atom stereocenters. The predicted octanol–water partition coefficient (Wildman–Crippen LogP) is 2.98. The third-order valence-corrected chi connectivity index (χ3v) is 4.73. The zero-order chi connectivity index (χ0) is 15.9. The van der Waals surface area contributed by atoms with Crippen LogP contribution >= 0.6 is 15.9 Å². The van der Waals surface area contributed by atoms with Crippen LogP contribution in [0.3, 0.4) is 0 Å². The lowest BCUT2D eigenvalue weighted by molar-refractivity contribution is -0.141. The van der Waals surface area contributed by atoms with E-state index in [1.807, 2.05) is 12.1 Å². The lowest BCUT2D eigenvalue weighted by atomic mass is 9.97. The molecule has 22 heavy (non-hydrogen) atoms. The first kappa shape index (κ1) is 15.6. The second kappa shape index (κ2) is 5.74. The van der Waals surface area contributed by atoms with Gasteiger partial charge in [0.25, 0.3) is 0 Å². The molecule has 0 spiro atoms. The van der Waals surface area contributed by atoms with Crippen LogP contribution in [0.15, 0.2) is 16.6 Å². The second-order valence-electron chi connectivity index (χ2n) is 6.80. The minimum atomic E-state index is -0.745. The van der Waals surface area contributed by atoms with E-state index >= 15 is 0 Å². The second-order valence-corrected chi connectivity index (χ2v) is 7.66. The van der Waals surface area contributed by atoms with Crippen molar-refractivity contribution in [3.8, 4) is 11.5 Å². The third-order valence-electron chi connectivity index (χ3n) is 4.14. The van der Waals surface area contributed by atoms with Gasteiger partial charge in [0.2, 0.25) is 0 Å². The molecule has 2 unspecified atom stereocenters. The monoisotopic (exact) mass is 369 g/mol. The Bertz CT molecular complexity index is 602. The Kier molecular flexibility index (Phi) is 4.07. The van der Waals surface area contributed by atoms with Gasteiger partial charge in [-0.1, -0.05) is 13.8 Å². The number of carboxylic acid groups (broad SMARTS) is 1. The largest absolute Gasteiger partial charge is 0.489 e. The van der Waals surface area contributed by atoms with Crippen molar-refractivity contribution in [2.24, 2.45) is 11.3 Å². The summed E-state index contributed by atoms with van der Waals surface area (Å²) >= 11 is 3.55. The number of nitrogens with one attached hydrogen (secondary N) is 1. The van der Waals surface area contributed by atoms with E-state index in [2.05, 4.69) is 35.1 Å². The fourth-order valence-electron chi connectivity index (χ4n) is 2.80. The highest BCUT2D eigenvalue weighted by molar-refractivity contribution is 9.10. The molecular weight excluding hydrogens is 350 g/mol. The Morgan fingerprint density at radius 3 is 2.77 bits per heavy atom. The first-order valence-corrected chi connectivity index (χ1v) is 8.20. The van der Waals surface area contributed by atoms with E-state index in [0.717, 1.165) is 21.5 Å². The molecule has 1 aromatic rings. The minimum Gasteiger partial charge on any atom is -0.489 e. The van der Waals surface area contributed by atoms with Crippen molar-refractivity contribution < 1.29 is 19.4 Å². The fourth-order valence-corrected chi connectivity index (χ4v) is 3.37. The van der Waals surface area contributed by atoms with E-state index < -0.39 is 5.97 Å². The lowest BCUT2D eigenvalue weighted by Gasteiger charge is -2.19. The van der Waals surface area contributed by atoms with E-state index in [4.69, 9.17) is 14.6 Å². The van der Waals surface area contributed by atoms with Crippen molar-refractivity contribution >= 4 is 21.9 Å². The van der Waals surface area contributed by atoms with Gasteiger partial charge in [0.15, 0.2) is 11.5 Å². The minimum absolute atomic E-state index is 0.0302. The van der Waals surface area contributed by atoms with Crippen LogP contribution < -0.4 is 14.8 Å². The molecule has 6 heteroatoms. The summed E-state index contributed by atoms with van der Waals surface area (Å²) in [6.45, 7) is 5.89. The maximum Gasteiger partial charge on any atom is 0.307 e. The van der Waals surface area contributed by atoms with Crippen molar-refractivity contribution in [1.29, 1.82) is 0 Å². The molecule has 0 amide bonds. The molecule has 1 saturated heterocycles. The summed E-state index contributed by atoms with van der Waals surface area (Å²) in [5, 5.41) is 12.4. The SMILES string of the molecule is CC1(C)COc2cc(C3CC(C(=O)O)CN3)cc(Br)c2OC1. The summed E-state index contributed by atoms with van der Waals surface area (Å²) in [5.74, 6) is 0.362. The molecule has 0 aromatic heterocycles. The van der Waals surface area contributed by atoms with Crippen molar-refractivity contribution in [2.45, 2.75) is 26.3 Å². The predicted molar refractivity (Wildman–Crippen MR) is 85.4 cm³/mol. The number of halogens is 1. The number of hydrogen-bond donors (Lipinski definition) is 2. The van der Waals surface area contributed by atoms with Gasteiger partial charge in [-0.15, -0.1) is 0 Å². The smallest absolute Gasteiger partial charge is 0.307 e. The van der Waals surface area contributed by atoms with Gasteiger partial charge in [-0.25, -0.2) is 0 Å². The molecule has 120 valence electrons. The molecule has 1 fully saturated rings. The number of carboxylic acids is 1. The molecule has 2 N–H and O–H groups in total. The molecule has 0 radical (unpaired) electrons. The summed E-state index contributed by atoms with van der Waals surface area (Å²) in [7, 11) is 0. The van der Waals surface area contributed by atoms with Crippen LogP contribution in [0.25, 0.3) is 0 Å². The fraction of sp³-hybridized carbons (Fsp3) is 0.562. The van der Waals surface area contributed by atoms with Crippen molar-refractivity contribution in [1.82, 2.24) is 5.32 Å². The molecule has 3 rings (SSSR count). The average molecular weight is 370 g/mol.